The fourth-order valence-electron chi connectivity index (χ4n) is 1.62. The van der Waals surface area contributed by atoms with Crippen LogP contribution in [-0.2, 0) is 6.42 Å². The van der Waals surface area contributed by atoms with E-state index in [0.717, 1.165) is 15.5 Å². The number of nitrogens with two attached hydrogens (primary N) is 1. The van der Waals surface area contributed by atoms with Crippen LogP contribution in [0.4, 0.5) is 0 Å². The van der Waals surface area contributed by atoms with Crippen molar-refractivity contribution < 1.29 is 19.7 Å². The number of hydrogen-bond acceptors (Lipinski definition) is 5. The van der Waals surface area contributed by atoms with Gasteiger partial charge < -0.3 is 0 Å². The van der Waals surface area contributed by atoms with Crippen molar-refractivity contribution in [2.45, 2.75) is 24.6 Å². The van der Waals surface area contributed by atoms with Crippen LogP contribution in [-0.4, -0.2) is 45.3 Å². The molecule has 0 fully saturated rings. The molecule has 0 amide bonds. The van der Waals surface area contributed by atoms with Gasteiger partial charge in [0.25, 0.3) is 0 Å². The van der Waals surface area contributed by atoms with Gasteiger partial charge in [-0.3, -0.25) is 0 Å². The van der Waals surface area contributed by atoms with Crippen molar-refractivity contribution in [2.75, 3.05) is 14.2 Å². The molecule has 0 aliphatic heterocycles. The molecule has 102 valence electrons. The molecule has 5 nitrogen and oxygen atoms in total. The molecule has 0 radical (unpaired) electrons. The summed E-state index contributed by atoms with van der Waals surface area (Å²) in [6.07, 6.45) is -0.119. The van der Waals surface area contributed by atoms with Crippen molar-refractivity contribution >= 4 is 19.4 Å². The van der Waals surface area contributed by atoms with Crippen LogP contribution >= 0.6 is 0 Å². The molecule has 0 aliphatic rings. The predicted molar refractivity (Wildman–Crippen MR) is 70.5 cm³/mol. The molecule has 1 aromatic rings. The van der Waals surface area contributed by atoms with E-state index in [-0.39, 0.29) is 6.42 Å². The van der Waals surface area contributed by atoms with Gasteiger partial charge in [-0.2, -0.15) is 0 Å². The molecular weight excluding hydrogens is 301 g/mol. The number of rotatable bonds is 6. The molecule has 18 heavy (non-hydrogen) atoms. The van der Waals surface area contributed by atoms with E-state index in [4.69, 9.17) is 15.2 Å². The molecule has 0 heterocycles. The summed E-state index contributed by atoms with van der Waals surface area (Å²) in [6, 6.07) is 3.63. The van der Waals surface area contributed by atoms with Gasteiger partial charge in [0.2, 0.25) is 0 Å². The monoisotopic (exact) mass is 321 g/mol. The first-order chi connectivity index (χ1) is 8.41. The molecule has 6 heteroatoms. The summed E-state index contributed by atoms with van der Waals surface area (Å²) in [6.45, 7) is 2.10. The van der Waals surface area contributed by atoms with Crippen LogP contribution in [0.15, 0.2) is 12.1 Å². The third-order valence-electron chi connectivity index (χ3n) is 2.32. The third kappa shape index (κ3) is 4.15. The van der Waals surface area contributed by atoms with Gasteiger partial charge in [0, 0.05) is 0 Å². The first-order valence-electron chi connectivity index (χ1n) is 5.52. The Morgan fingerprint density at radius 3 is 2.28 bits per heavy atom. The van der Waals surface area contributed by atoms with Gasteiger partial charge in [-0.1, -0.05) is 0 Å². The summed E-state index contributed by atoms with van der Waals surface area (Å²) < 4.78 is 11.7. The Morgan fingerprint density at radius 1 is 1.22 bits per heavy atom. The van der Waals surface area contributed by atoms with Gasteiger partial charge in [0.15, 0.2) is 0 Å². The Kier molecular flexibility index (Phi) is 5.44. The summed E-state index contributed by atoms with van der Waals surface area (Å²) in [7, 11) is 3.13. The molecule has 1 rings (SSSR count). The van der Waals surface area contributed by atoms with E-state index in [2.05, 4.69) is 6.92 Å². The Balaban J connectivity index is 3.17. The normalized spacial score (nSPS) is 11.4. The van der Waals surface area contributed by atoms with Crippen LogP contribution in [0.1, 0.15) is 12.5 Å². The Labute approximate surface area is 113 Å². The summed E-state index contributed by atoms with van der Waals surface area (Å²) >= 11 is 0.301. The standard InChI is InChI=1S/C12H19NO4Se/c1-4-18-11-6-9(16-2)8(5-10(11)17-3)7-12(13,14)15/h5-6,14-15H,4,7,13H2,1-3H3. The number of aliphatic hydroxyl groups is 2. The fourth-order valence-corrected chi connectivity index (χ4v) is 3.27. The minimum absolute atomic E-state index is 0.119. The third-order valence-corrected chi connectivity index (χ3v) is 4.24. The molecule has 0 bridgehead atoms. The van der Waals surface area contributed by atoms with Crippen LogP contribution in [0.25, 0.3) is 0 Å². The van der Waals surface area contributed by atoms with Gasteiger partial charge in [-0.15, -0.1) is 0 Å². The van der Waals surface area contributed by atoms with Crippen LogP contribution < -0.4 is 19.7 Å². The van der Waals surface area contributed by atoms with Crippen molar-refractivity contribution in [3.8, 4) is 11.5 Å². The maximum absolute atomic E-state index is 9.27. The zero-order valence-corrected chi connectivity index (χ0v) is 12.5. The van der Waals surface area contributed by atoms with E-state index in [0.29, 0.717) is 26.3 Å². The minimum atomic E-state index is -2.25. The Morgan fingerprint density at radius 2 is 1.83 bits per heavy atom. The zero-order chi connectivity index (χ0) is 13.8. The van der Waals surface area contributed by atoms with E-state index in [1.165, 1.54) is 0 Å². The summed E-state index contributed by atoms with van der Waals surface area (Å²) in [5.74, 6) is -0.925. The van der Waals surface area contributed by atoms with Crippen LogP contribution in [0.2, 0.25) is 5.32 Å². The second-order valence-electron chi connectivity index (χ2n) is 3.80. The SMILES string of the molecule is CC[Se]c1cc(OC)c(CC(N)(O)O)cc1OC. The Bertz CT molecular complexity index is 404. The second-order valence-corrected chi connectivity index (χ2v) is 6.54. The molecule has 0 saturated carbocycles. The van der Waals surface area contributed by atoms with Crippen molar-refractivity contribution in [3.05, 3.63) is 17.7 Å². The molecule has 1 aromatic carbocycles. The van der Waals surface area contributed by atoms with Gasteiger partial charge in [-0.25, -0.2) is 0 Å². The molecule has 0 aliphatic carbocycles. The first kappa shape index (κ1) is 15.3. The van der Waals surface area contributed by atoms with Crippen molar-refractivity contribution in [1.82, 2.24) is 0 Å². The van der Waals surface area contributed by atoms with Crippen molar-refractivity contribution in [2.24, 2.45) is 5.73 Å². The van der Waals surface area contributed by atoms with Crippen LogP contribution in [0, 0.1) is 0 Å². The first-order valence-corrected chi connectivity index (χ1v) is 7.59. The molecule has 4 N–H and O–H groups in total. The number of benzene rings is 1. The van der Waals surface area contributed by atoms with Gasteiger partial charge in [0.05, 0.1) is 0 Å². The van der Waals surface area contributed by atoms with Crippen LogP contribution in [0.5, 0.6) is 11.5 Å². The number of ether oxygens (including phenoxy) is 2. The number of hydrogen-bond donors (Lipinski definition) is 3. The topological polar surface area (TPSA) is 84.9 Å². The van der Waals surface area contributed by atoms with Crippen molar-refractivity contribution in [1.29, 1.82) is 0 Å². The van der Waals surface area contributed by atoms with Gasteiger partial charge in [-0.05, 0) is 0 Å². The number of methoxy groups -OCH3 is 2. The molecule has 0 aromatic heterocycles. The summed E-state index contributed by atoms with van der Waals surface area (Å²) in [5, 5.41) is 19.6. The summed E-state index contributed by atoms with van der Waals surface area (Å²) in [4.78, 5) is 0. The molecule has 0 unspecified atom stereocenters. The fraction of sp³-hybridized carbons (Fsp3) is 0.500. The molecule has 0 spiro atoms. The average Bonchev–Trinajstić information content (AvgIpc) is 2.28. The Hall–Kier alpha value is -0.781. The van der Waals surface area contributed by atoms with E-state index < -0.39 is 5.91 Å². The molecule has 0 atom stereocenters. The average molecular weight is 320 g/mol. The van der Waals surface area contributed by atoms with E-state index >= 15 is 0 Å². The molecular formula is C12H19NO4Se. The molecule has 0 saturated heterocycles. The van der Waals surface area contributed by atoms with Gasteiger partial charge in [0.1, 0.15) is 0 Å². The maximum atomic E-state index is 9.27. The van der Waals surface area contributed by atoms with E-state index in [1.54, 1.807) is 20.3 Å². The predicted octanol–water partition coefficient (Wildman–Crippen LogP) is -0.389. The second kappa shape index (κ2) is 6.40. The van der Waals surface area contributed by atoms with Crippen LogP contribution in [0.3, 0.4) is 0 Å². The van der Waals surface area contributed by atoms with E-state index in [1.807, 2.05) is 6.07 Å². The van der Waals surface area contributed by atoms with E-state index in [9.17, 15) is 10.2 Å². The van der Waals surface area contributed by atoms with Crippen molar-refractivity contribution in [3.63, 3.8) is 0 Å². The van der Waals surface area contributed by atoms with Gasteiger partial charge >= 0.3 is 113 Å². The zero-order valence-electron chi connectivity index (χ0n) is 10.8. The summed E-state index contributed by atoms with van der Waals surface area (Å²) in [5.41, 5.74) is 5.81. The quantitative estimate of drug-likeness (QED) is 0.491.